The normalized spacial score (nSPS) is 10.8. The number of halogens is 3. The van der Waals surface area contributed by atoms with Gasteiger partial charge in [0, 0.05) is 24.4 Å². The SMILES string of the molecule is CCNC(=NCc1cc(C#N)ccc1F)NCc1ccc(F)cc1CSC.I. The fraction of sp³-hybridized carbons (Fsp3) is 0.300. The van der Waals surface area contributed by atoms with Gasteiger partial charge in [0.2, 0.25) is 0 Å². The number of hydrogen-bond acceptors (Lipinski definition) is 3. The third-order valence-electron chi connectivity index (χ3n) is 3.84. The van der Waals surface area contributed by atoms with Gasteiger partial charge in [0.05, 0.1) is 18.2 Å². The molecule has 2 aromatic rings. The molecule has 0 spiro atoms. The lowest BCUT2D eigenvalue weighted by Gasteiger charge is -2.14. The fourth-order valence-corrected chi connectivity index (χ4v) is 3.09. The van der Waals surface area contributed by atoms with Gasteiger partial charge in [-0.1, -0.05) is 6.07 Å². The molecule has 2 N–H and O–H groups in total. The monoisotopic (exact) mass is 516 g/mol. The van der Waals surface area contributed by atoms with Gasteiger partial charge in [0.25, 0.3) is 0 Å². The van der Waals surface area contributed by atoms with Crippen LogP contribution in [0.2, 0.25) is 0 Å². The Morgan fingerprint density at radius 3 is 2.57 bits per heavy atom. The van der Waals surface area contributed by atoms with Crippen molar-refractivity contribution in [2.45, 2.75) is 25.8 Å². The highest BCUT2D eigenvalue weighted by molar-refractivity contribution is 14.0. The van der Waals surface area contributed by atoms with Gasteiger partial charge in [0.1, 0.15) is 11.6 Å². The van der Waals surface area contributed by atoms with E-state index in [0.29, 0.717) is 35.9 Å². The van der Waals surface area contributed by atoms with Crippen LogP contribution in [0.1, 0.15) is 29.2 Å². The van der Waals surface area contributed by atoms with Crippen molar-refractivity contribution in [1.82, 2.24) is 10.6 Å². The van der Waals surface area contributed by atoms with Crippen molar-refractivity contribution in [3.05, 3.63) is 70.3 Å². The van der Waals surface area contributed by atoms with Gasteiger partial charge in [-0.15, -0.1) is 24.0 Å². The van der Waals surface area contributed by atoms with E-state index in [0.717, 1.165) is 11.1 Å². The second kappa shape index (κ2) is 12.6. The molecule has 0 aliphatic rings. The molecule has 8 heteroatoms. The molecule has 150 valence electrons. The maximum absolute atomic E-state index is 13.9. The average Bonchev–Trinajstić information content (AvgIpc) is 2.66. The van der Waals surface area contributed by atoms with E-state index < -0.39 is 5.82 Å². The molecule has 0 saturated heterocycles. The Bertz CT molecular complexity index is 853. The molecule has 0 aliphatic carbocycles. The molecule has 0 heterocycles. The summed E-state index contributed by atoms with van der Waals surface area (Å²) in [5.41, 5.74) is 2.66. The molecule has 0 radical (unpaired) electrons. The zero-order valence-corrected chi connectivity index (χ0v) is 18.9. The van der Waals surface area contributed by atoms with E-state index in [1.54, 1.807) is 23.9 Å². The summed E-state index contributed by atoms with van der Waals surface area (Å²) in [7, 11) is 0. The van der Waals surface area contributed by atoms with Crippen molar-refractivity contribution in [1.29, 1.82) is 5.26 Å². The summed E-state index contributed by atoms with van der Waals surface area (Å²) in [5, 5.41) is 15.3. The first kappa shape index (κ1) is 24.2. The second-order valence-corrected chi connectivity index (χ2v) is 6.68. The zero-order chi connectivity index (χ0) is 19.6. The van der Waals surface area contributed by atoms with Gasteiger partial charge in [-0.3, -0.25) is 0 Å². The topological polar surface area (TPSA) is 60.2 Å². The van der Waals surface area contributed by atoms with Gasteiger partial charge in [0.15, 0.2) is 5.96 Å². The molecule has 28 heavy (non-hydrogen) atoms. The molecular formula is C20H23F2IN4S. The molecule has 0 fully saturated rings. The Labute approximate surface area is 185 Å². The predicted octanol–water partition coefficient (Wildman–Crippen LogP) is 4.57. The minimum atomic E-state index is -0.394. The van der Waals surface area contributed by atoms with Crippen molar-refractivity contribution >= 4 is 41.7 Å². The molecular weight excluding hydrogens is 493 g/mol. The van der Waals surface area contributed by atoms with Crippen LogP contribution in [0, 0.1) is 23.0 Å². The number of guanidine groups is 1. The van der Waals surface area contributed by atoms with Gasteiger partial charge < -0.3 is 10.6 Å². The largest absolute Gasteiger partial charge is 0.357 e. The summed E-state index contributed by atoms with van der Waals surface area (Å²) in [6.07, 6.45) is 1.97. The van der Waals surface area contributed by atoms with E-state index in [4.69, 9.17) is 5.26 Å². The van der Waals surface area contributed by atoms with Crippen LogP contribution in [-0.2, 0) is 18.8 Å². The molecule has 0 aliphatic heterocycles. The molecule has 0 amide bonds. The van der Waals surface area contributed by atoms with Gasteiger partial charge in [-0.25, -0.2) is 13.8 Å². The lowest BCUT2D eigenvalue weighted by Crippen LogP contribution is -2.37. The first-order valence-corrected chi connectivity index (χ1v) is 9.93. The van der Waals surface area contributed by atoms with Crippen LogP contribution in [0.5, 0.6) is 0 Å². The predicted molar refractivity (Wildman–Crippen MR) is 122 cm³/mol. The number of nitrogens with zero attached hydrogens (tertiary/aromatic N) is 2. The molecule has 0 bridgehead atoms. The van der Waals surface area contributed by atoms with Crippen LogP contribution < -0.4 is 10.6 Å². The van der Waals surface area contributed by atoms with E-state index >= 15 is 0 Å². The van der Waals surface area contributed by atoms with Crippen LogP contribution >= 0.6 is 35.7 Å². The third kappa shape index (κ3) is 7.28. The zero-order valence-electron chi connectivity index (χ0n) is 15.8. The first-order chi connectivity index (χ1) is 13.1. The van der Waals surface area contributed by atoms with Crippen molar-refractivity contribution in [2.75, 3.05) is 12.8 Å². The Morgan fingerprint density at radius 2 is 1.89 bits per heavy atom. The van der Waals surface area contributed by atoms with Gasteiger partial charge in [-0.05, 0) is 54.6 Å². The Morgan fingerprint density at radius 1 is 1.11 bits per heavy atom. The Hall–Kier alpha value is -1.86. The number of aliphatic imine (C=N–C) groups is 1. The summed E-state index contributed by atoms with van der Waals surface area (Å²) in [4.78, 5) is 4.39. The van der Waals surface area contributed by atoms with Crippen molar-refractivity contribution in [3.8, 4) is 6.07 Å². The highest BCUT2D eigenvalue weighted by Gasteiger charge is 2.07. The number of nitriles is 1. The van der Waals surface area contributed by atoms with Crippen LogP contribution in [0.15, 0.2) is 41.4 Å². The van der Waals surface area contributed by atoms with Crippen molar-refractivity contribution in [3.63, 3.8) is 0 Å². The van der Waals surface area contributed by atoms with Crippen LogP contribution in [-0.4, -0.2) is 18.8 Å². The number of benzene rings is 2. The number of hydrogen-bond donors (Lipinski definition) is 2. The van der Waals surface area contributed by atoms with E-state index in [1.807, 2.05) is 19.2 Å². The lowest BCUT2D eigenvalue weighted by atomic mass is 10.1. The third-order valence-corrected chi connectivity index (χ3v) is 4.44. The average molecular weight is 516 g/mol. The summed E-state index contributed by atoms with van der Waals surface area (Å²) < 4.78 is 27.4. The van der Waals surface area contributed by atoms with E-state index in [-0.39, 0.29) is 36.3 Å². The quantitative estimate of drug-likeness (QED) is 0.322. The highest BCUT2D eigenvalue weighted by Crippen LogP contribution is 2.17. The highest BCUT2D eigenvalue weighted by atomic mass is 127. The maximum atomic E-state index is 13.9. The van der Waals surface area contributed by atoms with E-state index in [1.165, 1.54) is 24.3 Å². The van der Waals surface area contributed by atoms with Crippen LogP contribution in [0.3, 0.4) is 0 Å². The van der Waals surface area contributed by atoms with Crippen molar-refractivity contribution < 1.29 is 8.78 Å². The smallest absolute Gasteiger partial charge is 0.191 e. The Balaban J connectivity index is 0.00000392. The number of nitrogens with one attached hydrogen (secondary N) is 2. The molecule has 0 atom stereocenters. The molecule has 4 nitrogen and oxygen atoms in total. The number of rotatable bonds is 7. The first-order valence-electron chi connectivity index (χ1n) is 8.54. The summed E-state index contributed by atoms with van der Waals surface area (Å²) in [6, 6.07) is 10.9. The lowest BCUT2D eigenvalue weighted by molar-refractivity contribution is 0.610. The van der Waals surface area contributed by atoms with Crippen LogP contribution in [0.25, 0.3) is 0 Å². The molecule has 0 unspecified atom stereocenters. The second-order valence-electron chi connectivity index (χ2n) is 5.81. The summed E-state index contributed by atoms with van der Waals surface area (Å²) in [5.74, 6) is 0.596. The molecule has 2 rings (SSSR count). The fourth-order valence-electron chi connectivity index (χ4n) is 2.51. The number of thioether (sulfide) groups is 1. The standard InChI is InChI=1S/C20H22F2N4S.HI/c1-3-24-20(26-12-16-8-14(10-23)4-7-19(16)22)25-11-15-5-6-18(21)9-17(15)13-27-2;/h4-9H,3,11-13H2,1-2H3,(H2,24,25,26);1H. The molecule has 0 saturated carbocycles. The maximum Gasteiger partial charge on any atom is 0.191 e. The van der Waals surface area contributed by atoms with E-state index in [2.05, 4.69) is 15.6 Å². The minimum absolute atomic E-state index is 0. The van der Waals surface area contributed by atoms with Gasteiger partial charge >= 0.3 is 0 Å². The minimum Gasteiger partial charge on any atom is -0.357 e. The molecule has 2 aromatic carbocycles. The van der Waals surface area contributed by atoms with Crippen LogP contribution in [0.4, 0.5) is 8.78 Å². The van der Waals surface area contributed by atoms with Crippen molar-refractivity contribution in [2.24, 2.45) is 4.99 Å². The van der Waals surface area contributed by atoms with Gasteiger partial charge in [-0.2, -0.15) is 17.0 Å². The summed E-state index contributed by atoms with van der Waals surface area (Å²) >= 11 is 1.63. The molecule has 0 aromatic heterocycles. The van der Waals surface area contributed by atoms with E-state index in [9.17, 15) is 8.78 Å². The Kier molecular flexibility index (Phi) is 10.9. The summed E-state index contributed by atoms with van der Waals surface area (Å²) in [6.45, 7) is 3.17.